The largest absolute Gasteiger partial charge is 0.316 e. The van der Waals surface area contributed by atoms with Crippen molar-refractivity contribution < 1.29 is 0 Å². The molecule has 0 aromatic heterocycles. The number of nitrogens with zero attached hydrogens (tertiary/aromatic N) is 2. The van der Waals surface area contributed by atoms with Crippen molar-refractivity contribution in [3.8, 4) is 0 Å². The van der Waals surface area contributed by atoms with Gasteiger partial charge in [-0.25, -0.2) is 0 Å². The van der Waals surface area contributed by atoms with Crippen LogP contribution in [-0.2, 0) is 0 Å². The molecule has 2 rings (SSSR count). The molecule has 3 nitrogen and oxygen atoms in total. The van der Waals surface area contributed by atoms with Gasteiger partial charge in [0.15, 0.2) is 0 Å². The molecule has 3 heteroatoms. The summed E-state index contributed by atoms with van der Waals surface area (Å²) in [7, 11) is 4.42. The molecule has 0 saturated carbocycles. The predicted molar refractivity (Wildman–Crippen MR) is 64.1 cm³/mol. The maximum Gasteiger partial charge on any atom is 0.0229 e. The summed E-state index contributed by atoms with van der Waals surface area (Å²) in [4.78, 5) is 5.10. The van der Waals surface area contributed by atoms with E-state index in [0.29, 0.717) is 0 Å². The third kappa shape index (κ3) is 2.52. The molecule has 2 fully saturated rings. The summed E-state index contributed by atoms with van der Waals surface area (Å²) in [6.07, 6.45) is 2.69. The predicted octanol–water partition coefficient (Wildman–Crippen LogP) is 0.620. The summed E-state index contributed by atoms with van der Waals surface area (Å²) >= 11 is 0. The lowest BCUT2D eigenvalue weighted by Crippen LogP contribution is -2.48. The van der Waals surface area contributed by atoms with E-state index < -0.39 is 0 Å². The van der Waals surface area contributed by atoms with E-state index in [1.165, 1.54) is 39.0 Å². The minimum absolute atomic E-state index is 0.784. The van der Waals surface area contributed by atoms with Gasteiger partial charge in [-0.05, 0) is 45.9 Å². The SMILES string of the molecule is CC1CNCCC1N1CCC(N(C)C)C1. The fraction of sp³-hybridized carbons (Fsp3) is 1.00. The zero-order valence-corrected chi connectivity index (χ0v) is 10.4. The maximum absolute atomic E-state index is 3.48. The Morgan fingerprint density at radius 1 is 1.27 bits per heavy atom. The molecule has 2 heterocycles. The molecule has 3 unspecified atom stereocenters. The van der Waals surface area contributed by atoms with Crippen LogP contribution in [0.25, 0.3) is 0 Å². The summed E-state index contributed by atoms with van der Waals surface area (Å²) in [5.74, 6) is 0.819. The van der Waals surface area contributed by atoms with E-state index in [-0.39, 0.29) is 0 Å². The average Bonchev–Trinajstić information content (AvgIpc) is 2.67. The van der Waals surface area contributed by atoms with Crippen LogP contribution in [0.1, 0.15) is 19.8 Å². The molecule has 15 heavy (non-hydrogen) atoms. The van der Waals surface area contributed by atoms with E-state index in [1.807, 2.05) is 0 Å². The Balaban J connectivity index is 1.89. The normalized spacial score (nSPS) is 38.8. The first kappa shape index (κ1) is 11.4. The highest BCUT2D eigenvalue weighted by atomic mass is 15.3. The van der Waals surface area contributed by atoms with Crippen molar-refractivity contribution in [3.05, 3.63) is 0 Å². The molecule has 0 amide bonds. The van der Waals surface area contributed by atoms with Crippen LogP contribution in [0, 0.1) is 5.92 Å². The van der Waals surface area contributed by atoms with Crippen LogP contribution < -0.4 is 5.32 Å². The van der Waals surface area contributed by atoms with Crippen molar-refractivity contribution in [1.82, 2.24) is 15.1 Å². The average molecular weight is 211 g/mol. The Bertz CT molecular complexity index is 205. The van der Waals surface area contributed by atoms with Gasteiger partial charge in [0, 0.05) is 25.2 Å². The smallest absolute Gasteiger partial charge is 0.0229 e. The lowest BCUT2D eigenvalue weighted by Gasteiger charge is -2.37. The van der Waals surface area contributed by atoms with Crippen LogP contribution in [0.4, 0.5) is 0 Å². The molecule has 0 aromatic rings. The van der Waals surface area contributed by atoms with Gasteiger partial charge >= 0.3 is 0 Å². The first-order valence-corrected chi connectivity index (χ1v) is 6.29. The lowest BCUT2D eigenvalue weighted by atomic mass is 9.94. The molecule has 0 aliphatic carbocycles. The van der Waals surface area contributed by atoms with Crippen LogP contribution in [0.2, 0.25) is 0 Å². The van der Waals surface area contributed by atoms with E-state index >= 15 is 0 Å². The van der Waals surface area contributed by atoms with Gasteiger partial charge in [0.05, 0.1) is 0 Å². The second-order valence-electron chi connectivity index (χ2n) is 5.44. The van der Waals surface area contributed by atoms with Gasteiger partial charge in [-0.2, -0.15) is 0 Å². The molecule has 2 saturated heterocycles. The molecule has 0 aromatic carbocycles. The molecule has 0 radical (unpaired) electrons. The molecule has 3 atom stereocenters. The third-order valence-electron chi connectivity index (χ3n) is 4.13. The van der Waals surface area contributed by atoms with Gasteiger partial charge in [0.2, 0.25) is 0 Å². The minimum Gasteiger partial charge on any atom is -0.316 e. The summed E-state index contributed by atoms with van der Waals surface area (Å²) in [5, 5.41) is 3.48. The third-order valence-corrected chi connectivity index (χ3v) is 4.13. The molecule has 2 aliphatic rings. The first-order valence-electron chi connectivity index (χ1n) is 6.29. The molecule has 0 spiro atoms. The van der Waals surface area contributed by atoms with Crippen molar-refractivity contribution in [1.29, 1.82) is 0 Å². The quantitative estimate of drug-likeness (QED) is 0.722. The molecule has 88 valence electrons. The highest BCUT2D eigenvalue weighted by Gasteiger charge is 2.32. The maximum atomic E-state index is 3.48. The topological polar surface area (TPSA) is 18.5 Å². The van der Waals surface area contributed by atoms with Crippen LogP contribution >= 0.6 is 0 Å². The molecular weight excluding hydrogens is 186 g/mol. The van der Waals surface area contributed by atoms with Gasteiger partial charge in [0.1, 0.15) is 0 Å². The Morgan fingerprint density at radius 3 is 2.67 bits per heavy atom. The zero-order valence-electron chi connectivity index (χ0n) is 10.4. The van der Waals surface area contributed by atoms with Crippen molar-refractivity contribution >= 4 is 0 Å². The number of hydrogen-bond donors (Lipinski definition) is 1. The molecular formula is C12H25N3. The van der Waals surface area contributed by atoms with E-state index in [2.05, 4.69) is 36.1 Å². The number of hydrogen-bond acceptors (Lipinski definition) is 3. The van der Waals surface area contributed by atoms with Gasteiger partial charge in [0.25, 0.3) is 0 Å². The fourth-order valence-corrected chi connectivity index (χ4v) is 3.03. The zero-order chi connectivity index (χ0) is 10.8. The van der Waals surface area contributed by atoms with E-state index in [0.717, 1.165) is 18.0 Å². The van der Waals surface area contributed by atoms with Crippen molar-refractivity contribution in [2.45, 2.75) is 31.8 Å². The van der Waals surface area contributed by atoms with Crippen molar-refractivity contribution in [3.63, 3.8) is 0 Å². The summed E-state index contributed by atoms with van der Waals surface area (Å²) < 4.78 is 0. The van der Waals surface area contributed by atoms with Crippen molar-refractivity contribution in [2.75, 3.05) is 40.3 Å². The summed E-state index contributed by atoms with van der Waals surface area (Å²) in [6.45, 7) is 7.38. The second-order valence-corrected chi connectivity index (χ2v) is 5.44. The molecule has 2 aliphatic heterocycles. The molecule has 1 N–H and O–H groups in total. The second kappa shape index (κ2) is 4.81. The monoisotopic (exact) mass is 211 g/mol. The number of likely N-dealkylation sites (tertiary alicyclic amines) is 1. The fourth-order valence-electron chi connectivity index (χ4n) is 3.03. The van der Waals surface area contributed by atoms with E-state index in [1.54, 1.807) is 0 Å². The highest BCUT2D eigenvalue weighted by molar-refractivity contribution is 4.90. The van der Waals surface area contributed by atoms with Gasteiger partial charge in [-0.15, -0.1) is 0 Å². The summed E-state index contributed by atoms with van der Waals surface area (Å²) in [6, 6.07) is 1.61. The van der Waals surface area contributed by atoms with Crippen LogP contribution in [0.3, 0.4) is 0 Å². The Hall–Kier alpha value is -0.120. The van der Waals surface area contributed by atoms with Crippen LogP contribution in [0.15, 0.2) is 0 Å². The first-order chi connectivity index (χ1) is 7.18. The number of likely N-dealkylation sites (N-methyl/N-ethyl adjacent to an activating group) is 1. The van der Waals surface area contributed by atoms with E-state index in [4.69, 9.17) is 0 Å². The minimum atomic E-state index is 0.784. The molecule has 0 bridgehead atoms. The standard InChI is InChI=1S/C12H25N3/c1-10-8-13-6-4-12(10)15-7-5-11(9-15)14(2)3/h10-13H,4-9H2,1-3H3. The van der Waals surface area contributed by atoms with Gasteiger partial charge in [-0.3, -0.25) is 4.90 Å². The number of rotatable bonds is 2. The van der Waals surface area contributed by atoms with Crippen LogP contribution in [0.5, 0.6) is 0 Å². The Labute approximate surface area is 93.8 Å². The highest BCUT2D eigenvalue weighted by Crippen LogP contribution is 2.23. The number of piperidine rings is 1. The Kier molecular flexibility index (Phi) is 3.65. The lowest BCUT2D eigenvalue weighted by molar-refractivity contribution is 0.138. The van der Waals surface area contributed by atoms with Gasteiger partial charge in [-0.1, -0.05) is 6.92 Å². The number of nitrogens with one attached hydrogen (secondary N) is 1. The van der Waals surface area contributed by atoms with Gasteiger partial charge < -0.3 is 10.2 Å². The van der Waals surface area contributed by atoms with E-state index in [9.17, 15) is 0 Å². The summed E-state index contributed by atoms with van der Waals surface area (Å²) in [5.41, 5.74) is 0. The van der Waals surface area contributed by atoms with Crippen LogP contribution in [-0.4, -0.2) is 62.2 Å². The van der Waals surface area contributed by atoms with Crippen molar-refractivity contribution in [2.24, 2.45) is 5.92 Å². The Morgan fingerprint density at radius 2 is 2.07 bits per heavy atom.